The second-order valence-corrected chi connectivity index (χ2v) is 8.05. The van der Waals surface area contributed by atoms with E-state index in [-0.39, 0.29) is 29.8 Å². The van der Waals surface area contributed by atoms with E-state index in [0.29, 0.717) is 16.9 Å². The van der Waals surface area contributed by atoms with Crippen molar-refractivity contribution in [1.82, 2.24) is 10.2 Å². The van der Waals surface area contributed by atoms with Crippen LogP contribution in [0.1, 0.15) is 24.8 Å². The third-order valence-corrected chi connectivity index (χ3v) is 6.43. The van der Waals surface area contributed by atoms with E-state index in [1.165, 1.54) is 31.4 Å². The van der Waals surface area contributed by atoms with E-state index in [1.807, 2.05) is 4.90 Å². The number of methoxy groups -OCH3 is 1. The van der Waals surface area contributed by atoms with Gasteiger partial charge in [0.15, 0.2) is 5.75 Å². The second kappa shape index (κ2) is 9.61. The Hall–Kier alpha value is -1.51. The lowest BCUT2D eigenvalue weighted by molar-refractivity contribution is -0.385. The van der Waals surface area contributed by atoms with Gasteiger partial charge in [0.2, 0.25) is 5.91 Å². The number of likely N-dealkylation sites (tertiary alicyclic amines) is 1. The molecule has 0 bridgehead atoms. The van der Waals surface area contributed by atoms with E-state index in [2.05, 4.69) is 5.32 Å². The highest BCUT2D eigenvalue weighted by molar-refractivity contribution is 7.99. The van der Waals surface area contributed by atoms with Crippen molar-refractivity contribution in [3.63, 3.8) is 0 Å². The number of nitrogens with one attached hydrogen (secondary N) is 1. The smallest absolute Gasteiger partial charge is 0.311 e. The molecule has 0 aromatic heterocycles. The van der Waals surface area contributed by atoms with Gasteiger partial charge in [-0.1, -0.05) is 6.07 Å². The van der Waals surface area contributed by atoms with Gasteiger partial charge in [0.25, 0.3) is 0 Å². The summed E-state index contributed by atoms with van der Waals surface area (Å²) in [5, 5.41) is 14.5. The minimum absolute atomic E-state index is 0. The number of nitro groups is 1. The van der Waals surface area contributed by atoms with Crippen LogP contribution in [0.25, 0.3) is 0 Å². The van der Waals surface area contributed by atoms with Crippen molar-refractivity contribution >= 4 is 35.8 Å². The lowest BCUT2D eigenvalue weighted by Crippen LogP contribution is -2.44. The standard InChI is InChI=1S/C18H25N3O4S.ClH/c1-25-16-3-2-14(10-15(16)21(23)24)11-26-12-17(22)20-8-5-18(6-9-20)4-7-19-13-18;/h2-3,10,19H,4-9,11-13H2,1H3;1H. The molecule has 2 fully saturated rings. The lowest BCUT2D eigenvalue weighted by Gasteiger charge is -2.38. The molecule has 0 saturated carbocycles. The van der Waals surface area contributed by atoms with Crippen molar-refractivity contribution in [2.75, 3.05) is 39.0 Å². The summed E-state index contributed by atoms with van der Waals surface area (Å²) in [5.41, 5.74) is 1.19. The fourth-order valence-electron chi connectivity index (χ4n) is 3.77. The summed E-state index contributed by atoms with van der Waals surface area (Å²) >= 11 is 1.50. The number of ether oxygens (including phenoxy) is 1. The van der Waals surface area contributed by atoms with Crippen molar-refractivity contribution in [1.29, 1.82) is 0 Å². The maximum absolute atomic E-state index is 12.4. The number of benzene rings is 1. The molecule has 0 aliphatic carbocycles. The number of hydrogen-bond acceptors (Lipinski definition) is 6. The van der Waals surface area contributed by atoms with Crippen LogP contribution in [-0.4, -0.2) is 54.8 Å². The summed E-state index contributed by atoms with van der Waals surface area (Å²) in [5.74, 6) is 1.39. The molecule has 7 nitrogen and oxygen atoms in total. The summed E-state index contributed by atoms with van der Waals surface area (Å²) in [6.45, 7) is 3.86. The number of nitrogens with zero attached hydrogens (tertiary/aromatic N) is 2. The monoisotopic (exact) mass is 415 g/mol. The molecule has 2 aliphatic rings. The van der Waals surface area contributed by atoms with Crippen LogP contribution in [0, 0.1) is 15.5 Å². The number of hydrogen-bond donors (Lipinski definition) is 1. The second-order valence-electron chi connectivity index (χ2n) is 7.06. The highest BCUT2D eigenvalue weighted by atomic mass is 35.5. The van der Waals surface area contributed by atoms with Crippen LogP contribution in [-0.2, 0) is 10.5 Å². The van der Waals surface area contributed by atoms with Crippen molar-refractivity contribution in [2.45, 2.75) is 25.0 Å². The molecule has 9 heteroatoms. The Morgan fingerprint density at radius 1 is 1.37 bits per heavy atom. The number of nitro benzene ring substituents is 1. The Bertz CT molecular complexity index is 673. The first kappa shape index (κ1) is 21.8. The minimum atomic E-state index is -0.445. The Morgan fingerprint density at radius 2 is 2.11 bits per heavy atom. The van der Waals surface area contributed by atoms with Crippen LogP contribution in [0.2, 0.25) is 0 Å². The van der Waals surface area contributed by atoms with Gasteiger partial charge in [-0.3, -0.25) is 14.9 Å². The summed E-state index contributed by atoms with van der Waals surface area (Å²) in [6.07, 6.45) is 3.39. The molecule has 27 heavy (non-hydrogen) atoms. The summed E-state index contributed by atoms with van der Waals surface area (Å²) in [7, 11) is 1.42. The Labute approximate surface area is 169 Å². The fraction of sp³-hybridized carbons (Fsp3) is 0.611. The molecule has 2 aliphatic heterocycles. The van der Waals surface area contributed by atoms with Crippen molar-refractivity contribution < 1.29 is 14.5 Å². The van der Waals surface area contributed by atoms with E-state index in [0.717, 1.165) is 44.6 Å². The molecule has 1 N–H and O–H groups in total. The average molecular weight is 416 g/mol. The topological polar surface area (TPSA) is 84.7 Å². The van der Waals surface area contributed by atoms with Gasteiger partial charge >= 0.3 is 5.69 Å². The van der Waals surface area contributed by atoms with Crippen molar-refractivity contribution in [3.05, 3.63) is 33.9 Å². The van der Waals surface area contributed by atoms with E-state index < -0.39 is 4.92 Å². The SMILES string of the molecule is COc1ccc(CSCC(=O)N2CCC3(CCNC3)CC2)cc1[N+](=O)[O-].Cl. The number of amides is 1. The van der Waals surface area contributed by atoms with Crippen molar-refractivity contribution in [3.8, 4) is 5.75 Å². The van der Waals surface area contributed by atoms with Crippen LogP contribution < -0.4 is 10.1 Å². The molecular formula is C18H26ClN3O4S. The highest BCUT2D eigenvalue weighted by Crippen LogP contribution is 2.37. The van der Waals surface area contributed by atoms with E-state index >= 15 is 0 Å². The minimum Gasteiger partial charge on any atom is -0.490 e. The zero-order valence-electron chi connectivity index (χ0n) is 15.4. The Balaban J connectivity index is 0.00000261. The third kappa shape index (κ3) is 5.27. The van der Waals surface area contributed by atoms with Crippen molar-refractivity contribution in [2.24, 2.45) is 5.41 Å². The molecule has 1 amide bonds. The maximum Gasteiger partial charge on any atom is 0.311 e. The van der Waals surface area contributed by atoms with Crippen LogP contribution in [0.5, 0.6) is 5.75 Å². The molecular weight excluding hydrogens is 390 g/mol. The van der Waals surface area contributed by atoms with Gasteiger partial charge in [-0.25, -0.2) is 0 Å². The fourth-order valence-corrected chi connectivity index (χ4v) is 4.64. The summed E-state index contributed by atoms with van der Waals surface area (Å²) in [6, 6.07) is 4.94. The molecule has 1 aromatic rings. The highest BCUT2D eigenvalue weighted by Gasteiger charge is 2.37. The molecule has 1 aromatic carbocycles. The number of carbonyl (C=O) groups is 1. The molecule has 0 unspecified atom stereocenters. The van der Waals surface area contributed by atoms with Gasteiger partial charge in [-0.05, 0) is 42.9 Å². The largest absolute Gasteiger partial charge is 0.490 e. The van der Waals surface area contributed by atoms with Gasteiger partial charge in [0, 0.05) is 31.5 Å². The molecule has 0 atom stereocenters. The number of carbonyl (C=O) groups excluding carboxylic acids is 1. The lowest BCUT2D eigenvalue weighted by atomic mass is 9.78. The van der Waals surface area contributed by atoms with Gasteiger partial charge in [0.1, 0.15) is 0 Å². The zero-order chi connectivity index (χ0) is 18.6. The van der Waals surface area contributed by atoms with Gasteiger partial charge in [-0.15, -0.1) is 24.2 Å². The quantitative estimate of drug-likeness (QED) is 0.568. The predicted molar refractivity (Wildman–Crippen MR) is 109 cm³/mol. The van der Waals surface area contributed by atoms with Crippen LogP contribution in [0.15, 0.2) is 18.2 Å². The maximum atomic E-state index is 12.4. The normalized spacial score (nSPS) is 18.2. The molecule has 3 rings (SSSR count). The molecule has 150 valence electrons. The van der Waals surface area contributed by atoms with Gasteiger partial charge in [-0.2, -0.15) is 0 Å². The first-order valence-corrected chi connectivity index (χ1v) is 10.1. The van der Waals surface area contributed by atoms with Gasteiger partial charge in [0.05, 0.1) is 17.8 Å². The Morgan fingerprint density at radius 3 is 2.70 bits per heavy atom. The number of rotatable bonds is 6. The van der Waals surface area contributed by atoms with E-state index in [4.69, 9.17) is 4.74 Å². The third-order valence-electron chi connectivity index (χ3n) is 5.44. The number of halogens is 1. The van der Waals surface area contributed by atoms with E-state index in [9.17, 15) is 14.9 Å². The van der Waals surface area contributed by atoms with Gasteiger partial charge < -0.3 is 15.0 Å². The zero-order valence-corrected chi connectivity index (χ0v) is 17.1. The predicted octanol–water partition coefficient (Wildman–Crippen LogP) is 2.86. The number of piperidine rings is 1. The van der Waals surface area contributed by atoms with Crippen LogP contribution >= 0.6 is 24.2 Å². The average Bonchev–Trinajstić information content (AvgIpc) is 3.10. The molecule has 1 spiro atoms. The molecule has 0 radical (unpaired) electrons. The first-order chi connectivity index (χ1) is 12.5. The Kier molecular flexibility index (Phi) is 7.76. The molecule has 2 saturated heterocycles. The summed E-state index contributed by atoms with van der Waals surface area (Å²) < 4.78 is 5.01. The van der Waals surface area contributed by atoms with E-state index in [1.54, 1.807) is 12.1 Å². The first-order valence-electron chi connectivity index (χ1n) is 8.91. The van der Waals surface area contributed by atoms with Crippen LogP contribution in [0.4, 0.5) is 5.69 Å². The molecule has 2 heterocycles. The van der Waals surface area contributed by atoms with Crippen LogP contribution in [0.3, 0.4) is 0 Å². The number of thioether (sulfide) groups is 1. The summed E-state index contributed by atoms with van der Waals surface area (Å²) in [4.78, 5) is 25.0.